The molecule has 0 atom stereocenters. The van der Waals surface area contributed by atoms with Gasteiger partial charge in [0.2, 0.25) is 5.91 Å². The number of hydrogen-bond donors (Lipinski definition) is 1. The third-order valence-corrected chi connectivity index (χ3v) is 4.10. The Labute approximate surface area is 88.6 Å². The average molecular weight is 248 g/mol. The summed E-state index contributed by atoms with van der Waals surface area (Å²) >= 11 is 3.44. The van der Waals surface area contributed by atoms with Crippen LogP contribution in [-0.2, 0) is 4.79 Å². The fraction of sp³-hybridized carbons (Fsp3) is 0.900. The lowest BCUT2D eigenvalue weighted by atomic mass is 9.84. The van der Waals surface area contributed by atoms with Crippen molar-refractivity contribution in [2.75, 3.05) is 11.9 Å². The van der Waals surface area contributed by atoms with Crippen LogP contribution in [0.4, 0.5) is 0 Å². The smallest absolute Gasteiger partial charge is 0.223 e. The fourth-order valence-electron chi connectivity index (χ4n) is 1.19. The van der Waals surface area contributed by atoms with Crippen molar-refractivity contribution < 1.29 is 4.79 Å². The van der Waals surface area contributed by atoms with E-state index in [1.165, 1.54) is 6.42 Å². The van der Waals surface area contributed by atoms with Gasteiger partial charge in [0.25, 0.3) is 0 Å². The monoisotopic (exact) mass is 247 g/mol. The minimum atomic E-state index is 0.166. The van der Waals surface area contributed by atoms with Crippen molar-refractivity contribution in [2.45, 2.75) is 33.1 Å². The van der Waals surface area contributed by atoms with Crippen molar-refractivity contribution >= 4 is 21.8 Å². The van der Waals surface area contributed by atoms with Gasteiger partial charge in [-0.3, -0.25) is 4.79 Å². The zero-order valence-corrected chi connectivity index (χ0v) is 9.99. The molecule has 0 aromatic rings. The molecule has 0 aromatic carbocycles. The van der Waals surface area contributed by atoms with E-state index in [9.17, 15) is 4.79 Å². The van der Waals surface area contributed by atoms with Gasteiger partial charge < -0.3 is 5.32 Å². The van der Waals surface area contributed by atoms with Crippen LogP contribution in [0.2, 0.25) is 0 Å². The lowest BCUT2D eigenvalue weighted by molar-refractivity contribution is -0.127. The van der Waals surface area contributed by atoms with E-state index in [0.29, 0.717) is 5.92 Å². The van der Waals surface area contributed by atoms with Crippen molar-refractivity contribution in [1.82, 2.24) is 5.32 Å². The maximum atomic E-state index is 11.5. The maximum Gasteiger partial charge on any atom is 0.223 e. The molecule has 1 aliphatic rings. The first-order valence-electron chi connectivity index (χ1n) is 4.89. The van der Waals surface area contributed by atoms with Gasteiger partial charge in [-0.1, -0.05) is 36.2 Å². The van der Waals surface area contributed by atoms with Gasteiger partial charge in [-0.05, 0) is 18.3 Å². The van der Waals surface area contributed by atoms with E-state index < -0.39 is 0 Å². The molecule has 13 heavy (non-hydrogen) atoms. The highest BCUT2D eigenvalue weighted by Crippen LogP contribution is 2.26. The van der Waals surface area contributed by atoms with Crippen LogP contribution >= 0.6 is 15.9 Å². The third kappa shape index (κ3) is 3.29. The molecule has 1 saturated carbocycles. The molecule has 2 nitrogen and oxygen atoms in total. The van der Waals surface area contributed by atoms with Crippen LogP contribution in [0.15, 0.2) is 0 Å². The van der Waals surface area contributed by atoms with Crippen molar-refractivity contribution in [3.05, 3.63) is 0 Å². The van der Waals surface area contributed by atoms with Gasteiger partial charge in [-0.15, -0.1) is 0 Å². The fourth-order valence-corrected chi connectivity index (χ4v) is 1.39. The standard InChI is InChI=1S/C10H18BrNO/c1-10(2,6-11)7-12-9(13)8-4-3-5-8/h8H,3-7H2,1-2H3,(H,12,13). The Morgan fingerprint density at radius 2 is 2.15 bits per heavy atom. The van der Waals surface area contributed by atoms with E-state index in [-0.39, 0.29) is 11.3 Å². The van der Waals surface area contributed by atoms with Gasteiger partial charge in [-0.2, -0.15) is 0 Å². The summed E-state index contributed by atoms with van der Waals surface area (Å²) in [4.78, 5) is 11.5. The summed E-state index contributed by atoms with van der Waals surface area (Å²) in [5.74, 6) is 0.561. The predicted molar refractivity (Wildman–Crippen MR) is 57.9 cm³/mol. The molecule has 1 amide bonds. The minimum Gasteiger partial charge on any atom is -0.355 e. The molecule has 0 bridgehead atoms. The lowest BCUT2D eigenvalue weighted by Gasteiger charge is -2.27. The molecule has 76 valence electrons. The highest BCUT2D eigenvalue weighted by molar-refractivity contribution is 9.09. The van der Waals surface area contributed by atoms with Crippen LogP contribution in [0.1, 0.15) is 33.1 Å². The second-order valence-corrected chi connectivity index (χ2v) is 5.20. The number of carbonyl (C=O) groups is 1. The van der Waals surface area contributed by atoms with E-state index in [1.54, 1.807) is 0 Å². The Morgan fingerprint density at radius 1 is 1.54 bits per heavy atom. The molecule has 1 N–H and O–H groups in total. The number of amides is 1. The van der Waals surface area contributed by atoms with Gasteiger partial charge in [0.1, 0.15) is 0 Å². The van der Waals surface area contributed by atoms with E-state index in [4.69, 9.17) is 0 Å². The molecule has 0 unspecified atom stereocenters. The van der Waals surface area contributed by atoms with E-state index >= 15 is 0 Å². The first kappa shape index (κ1) is 11.0. The Balaban J connectivity index is 2.21. The Morgan fingerprint density at radius 3 is 2.54 bits per heavy atom. The normalized spacial score (nSPS) is 18.1. The van der Waals surface area contributed by atoms with Crippen molar-refractivity contribution in [3.63, 3.8) is 0 Å². The summed E-state index contributed by atoms with van der Waals surface area (Å²) < 4.78 is 0. The summed E-state index contributed by atoms with van der Waals surface area (Å²) in [6, 6.07) is 0. The quantitative estimate of drug-likeness (QED) is 0.760. The average Bonchev–Trinajstić information content (AvgIpc) is 1.98. The zero-order valence-electron chi connectivity index (χ0n) is 8.40. The van der Waals surface area contributed by atoms with Crippen LogP contribution in [-0.4, -0.2) is 17.8 Å². The van der Waals surface area contributed by atoms with Crippen molar-refractivity contribution in [1.29, 1.82) is 0 Å². The first-order chi connectivity index (χ1) is 6.05. The zero-order chi connectivity index (χ0) is 9.90. The van der Waals surface area contributed by atoms with Gasteiger partial charge in [0, 0.05) is 17.8 Å². The summed E-state index contributed by atoms with van der Waals surface area (Å²) in [5, 5.41) is 3.93. The molecule has 0 spiro atoms. The predicted octanol–water partition coefficient (Wildman–Crippen LogP) is 2.32. The largest absolute Gasteiger partial charge is 0.355 e. The van der Waals surface area contributed by atoms with Gasteiger partial charge in [0.15, 0.2) is 0 Å². The Kier molecular flexibility index (Phi) is 3.77. The second-order valence-electron chi connectivity index (χ2n) is 4.64. The van der Waals surface area contributed by atoms with E-state index in [1.807, 2.05) is 0 Å². The Hall–Kier alpha value is -0.0500. The van der Waals surface area contributed by atoms with Crippen molar-refractivity contribution in [2.24, 2.45) is 11.3 Å². The number of alkyl halides is 1. The molecule has 0 saturated heterocycles. The molecule has 3 heteroatoms. The number of carbonyl (C=O) groups excluding carboxylic acids is 1. The van der Waals surface area contributed by atoms with Crippen LogP contribution in [0, 0.1) is 11.3 Å². The molecular weight excluding hydrogens is 230 g/mol. The topological polar surface area (TPSA) is 29.1 Å². The molecule has 1 aliphatic carbocycles. The highest BCUT2D eigenvalue weighted by Gasteiger charge is 2.26. The van der Waals surface area contributed by atoms with Gasteiger partial charge in [0.05, 0.1) is 0 Å². The molecular formula is C10H18BrNO. The summed E-state index contributed by atoms with van der Waals surface area (Å²) in [6.07, 6.45) is 3.39. The second kappa shape index (κ2) is 4.45. The molecule has 0 aromatic heterocycles. The molecule has 1 fully saturated rings. The summed E-state index contributed by atoms with van der Waals surface area (Å²) in [7, 11) is 0. The minimum absolute atomic E-state index is 0.166. The van der Waals surface area contributed by atoms with Crippen molar-refractivity contribution in [3.8, 4) is 0 Å². The summed E-state index contributed by atoms with van der Waals surface area (Å²) in [5.41, 5.74) is 0.166. The number of rotatable bonds is 4. The molecule has 0 radical (unpaired) electrons. The van der Waals surface area contributed by atoms with Crippen LogP contribution in [0.3, 0.4) is 0 Å². The lowest BCUT2D eigenvalue weighted by Crippen LogP contribution is -2.40. The van der Waals surface area contributed by atoms with Crippen LogP contribution in [0.25, 0.3) is 0 Å². The van der Waals surface area contributed by atoms with Crippen LogP contribution < -0.4 is 5.32 Å². The van der Waals surface area contributed by atoms with Gasteiger partial charge >= 0.3 is 0 Å². The van der Waals surface area contributed by atoms with E-state index in [0.717, 1.165) is 24.7 Å². The first-order valence-corrected chi connectivity index (χ1v) is 6.01. The molecule has 0 heterocycles. The molecule has 0 aliphatic heterocycles. The highest BCUT2D eigenvalue weighted by atomic mass is 79.9. The number of nitrogens with one attached hydrogen (secondary N) is 1. The third-order valence-electron chi connectivity index (χ3n) is 2.58. The number of hydrogen-bond acceptors (Lipinski definition) is 1. The SMILES string of the molecule is CC(C)(CBr)CNC(=O)C1CCC1. The number of halogens is 1. The van der Waals surface area contributed by atoms with Crippen LogP contribution in [0.5, 0.6) is 0 Å². The van der Waals surface area contributed by atoms with Gasteiger partial charge in [-0.25, -0.2) is 0 Å². The summed E-state index contributed by atoms with van der Waals surface area (Å²) in [6.45, 7) is 5.05. The molecule has 1 rings (SSSR count). The Bertz CT molecular complexity index is 187. The van der Waals surface area contributed by atoms with E-state index in [2.05, 4.69) is 35.1 Å². The maximum absolute atomic E-state index is 11.5.